The largest absolute Gasteiger partial charge is 0.319 e. The Morgan fingerprint density at radius 2 is 2.11 bits per heavy atom. The van der Waals surface area contributed by atoms with Crippen LogP contribution in [-0.2, 0) is 4.79 Å². The van der Waals surface area contributed by atoms with Crippen LogP contribution < -0.4 is 5.32 Å². The van der Waals surface area contributed by atoms with Crippen LogP contribution in [0.2, 0.25) is 0 Å². The first-order valence-electron chi connectivity index (χ1n) is 6.67. The molecule has 2 rings (SSSR count). The number of rotatable bonds is 3. The van der Waals surface area contributed by atoms with Crippen molar-refractivity contribution in [2.75, 3.05) is 5.75 Å². The number of nitrogens with one attached hydrogen (secondary N) is 1. The average Bonchev–Trinajstić information content (AvgIpc) is 2.86. The second kappa shape index (κ2) is 5.67. The van der Waals surface area contributed by atoms with E-state index in [2.05, 4.69) is 24.4 Å². The van der Waals surface area contributed by atoms with E-state index in [-0.39, 0.29) is 5.91 Å². The lowest BCUT2D eigenvalue weighted by Gasteiger charge is -2.37. The van der Waals surface area contributed by atoms with Crippen molar-refractivity contribution in [1.82, 2.24) is 5.32 Å². The number of hydrogen-bond donors (Lipinski definition) is 1. The van der Waals surface area contributed by atoms with Crippen molar-refractivity contribution in [3.05, 3.63) is 10.6 Å². The van der Waals surface area contributed by atoms with Gasteiger partial charge in [0.1, 0.15) is 5.92 Å². The zero-order valence-corrected chi connectivity index (χ0v) is 11.8. The summed E-state index contributed by atoms with van der Waals surface area (Å²) in [6.45, 7) is 2.06. The van der Waals surface area contributed by atoms with Crippen LogP contribution in [0.3, 0.4) is 0 Å². The molecule has 0 aromatic carbocycles. The van der Waals surface area contributed by atoms with Crippen LogP contribution in [0.25, 0.3) is 0 Å². The van der Waals surface area contributed by atoms with Crippen LogP contribution in [0.4, 0.5) is 0 Å². The Balaban J connectivity index is 2.47. The van der Waals surface area contributed by atoms with Crippen LogP contribution in [0.15, 0.2) is 10.6 Å². The third kappa shape index (κ3) is 2.24. The molecule has 0 bridgehead atoms. The number of nitriles is 2. The Morgan fingerprint density at radius 1 is 1.42 bits per heavy atom. The Morgan fingerprint density at radius 3 is 2.63 bits per heavy atom. The highest BCUT2D eigenvalue weighted by molar-refractivity contribution is 8.03. The fourth-order valence-corrected chi connectivity index (χ4v) is 4.04. The number of allylic oxidation sites excluding steroid dienone is 1. The molecule has 1 unspecified atom stereocenters. The average molecular weight is 275 g/mol. The Kier molecular flexibility index (Phi) is 4.17. The van der Waals surface area contributed by atoms with Crippen LogP contribution in [-0.4, -0.2) is 11.7 Å². The molecule has 5 heteroatoms. The van der Waals surface area contributed by atoms with Gasteiger partial charge in [0.15, 0.2) is 0 Å². The fraction of sp³-hybridized carbons (Fsp3) is 0.643. The van der Waals surface area contributed by atoms with Gasteiger partial charge < -0.3 is 5.32 Å². The molecule has 1 aliphatic carbocycles. The van der Waals surface area contributed by atoms with Crippen molar-refractivity contribution in [1.29, 1.82) is 10.5 Å². The number of carbonyl (C=O) groups is 1. The zero-order chi connectivity index (χ0) is 13.9. The first-order chi connectivity index (χ1) is 9.19. The van der Waals surface area contributed by atoms with E-state index in [1.807, 2.05) is 0 Å². The summed E-state index contributed by atoms with van der Waals surface area (Å²) in [5.41, 5.74) is 0.108. The predicted octanol–water partition coefficient (Wildman–Crippen LogP) is 2.69. The molecule has 1 atom stereocenters. The Hall–Kier alpha value is -1.46. The standard InChI is InChI=1S/C14H17N3OS/c1-2-7-19-13-11(9-16)14(5-3-4-6-14)10(8-15)12(18)17-13/h10H,2-7H2,1H3,(H,17,18). The summed E-state index contributed by atoms with van der Waals surface area (Å²) < 4.78 is 0. The molecule has 19 heavy (non-hydrogen) atoms. The van der Waals surface area contributed by atoms with E-state index in [1.165, 1.54) is 11.8 Å². The maximum Gasteiger partial charge on any atom is 0.243 e. The molecular formula is C14H17N3OS. The van der Waals surface area contributed by atoms with Gasteiger partial charge in [-0.3, -0.25) is 4.79 Å². The van der Waals surface area contributed by atoms with Crippen LogP contribution in [0.1, 0.15) is 39.0 Å². The van der Waals surface area contributed by atoms with E-state index >= 15 is 0 Å². The van der Waals surface area contributed by atoms with E-state index < -0.39 is 11.3 Å². The van der Waals surface area contributed by atoms with Gasteiger partial charge in [0.2, 0.25) is 5.91 Å². The molecule has 1 saturated carbocycles. The van der Waals surface area contributed by atoms with Crippen LogP contribution >= 0.6 is 11.8 Å². The summed E-state index contributed by atoms with van der Waals surface area (Å²) in [5, 5.41) is 22.3. The molecule has 0 aromatic heterocycles. The fourth-order valence-electron chi connectivity index (χ4n) is 3.07. The minimum absolute atomic E-state index is 0.234. The number of hydrogen-bond acceptors (Lipinski definition) is 4. The van der Waals surface area contributed by atoms with Crippen molar-refractivity contribution >= 4 is 17.7 Å². The third-order valence-corrected chi connectivity index (χ3v) is 5.17. The first-order valence-corrected chi connectivity index (χ1v) is 7.66. The summed E-state index contributed by atoms with van der Waals surface area (Å²) in [6.07, 6.45) is 4.51. The van der Waals surface area contributed by atoms with Crippen molar-refractivity contribution in [3.8, 4) is 12.1 Å². The van der Waals surface area contributed by atoms with Gasteiger partial charge in [-0.15, -0.1) is 11.8 Å². The molecule has 100 valence electrons. The zero-order valence-electron chi connectivity index (χ0n) is 11.0. The molecule has 1 spiro atoms. The molecule has 4 nitrogen and oxygen atoms in total. The van der Waals surface area contributed by atoms with E-state index in [9.17, 15) is 15.3 Å². The topological polar surface area (TPSA) is 76.7 Å². The maximum absolute atomic E-state index is 12.1. The van der Waals surface area contributed by atoms with Gasteiger partial charge in [0, 0.05) is 5.41 Å². The predicted molar refractivity (Wildman–Crippen MR) is 73.5 cm³/mol. The van der Waals surface area contributed by atoms with Crippen LogP contribution in [0.5, 0.6) is 0 Å². The molecular weight excluding hydrogens is 258 g/mol. The highest BCUT2D eigenvalue weighted by Crippen LogP contribution is 2.53. The van der Waals surface area contributed by atoms with Crippen LogP contribution in [0, 0.1) is 34.0 Å². The van der Waals surface area contributed by atoms with Crippen molar-refractivity contribution < 1.29 is 4.79 Å². The molecule has 1 heterocycles. The summed E-state index contributed by atoms with van der Waals surface area (Å²) in [7, 11) is 0. The van der Waals surface area contributed by atoms with Gasteiger partial charge in [-0.2, -0.15) is 10.5 Å². The highest BCUT2D eigenvalue weighted by Gasteiger charge is 2.52. The normalized spacial score (nSPS) is 25.0. The number of carbonyl (C=O) groups excluding carboxylic acids is 1. The van der Waals surface area contributed by atoms with E-state index in [1.54, 1.807) is 0 Å². The molecule has 1 fully saturated rings. The molecule has 0 aromatic rings. The molecule has 2 aliphatic rings. The van der Waals surface area contributed by atoms with Crippen molar-refractivity contribution in [3.63, 3.8) is 0 Å². The second-order valence-electron chi connectivity index (χ2n) is 5.08. The molecule has 1 N–H and O–H groups in total. The lowest BCUT2D eigenvalue weighted by atomic mass is 9.67. The Labute approximate surface area is 117 Å². The maximum atomic E-state index is 12.1. The van der Waals surface area contributed by atoms with Gasteiger partial charge in [-0.05, 0) is 25.0 Å². The van der Waals surface area contributed by atoms with Crippen molar-refractivity contribution in [2.45, 2.75) is 39.0 Å². The summed E-state index contributed by atoms with van der Waals surface area (Å²) >= 11 is 1.52. The smallest absolute Gasteiger partial charge is 0.243 e. The van der Waals surface area contributed by atoms with E-state index in [0.717, 1.165) is 37.9 Å². The van der Waals surface area contributed by atoms with Gasteiger partial charge in [-0.1, -0.05) is 19.8 Å². The molecule has 0 radical (unpaired) electrons. The van der Waals surface area contributed by atoms with Gasteiger partial charge in [0.05, 0.1) is 22.7 Å². The van der Waals surface area contributed by atoms with E-state index in [0.29, 0.717) is 10.6 Å². The molecule has 0 saturated heterocycles. The summed E-state index contributed by atoms with van der Waals surface area (Å²) in [5.74, 6) is -0.0775. The number of thioether (sulfide) groups is 1. The number of amides is 1. The minimum Gasteiger partial charge on any atom is -0.319 e. The quantitative estimate of drug-likeness (QED) is 0.859. The third-order valence-electron chi connectivity index (χ3n) is 3.96. The SMILES string of the molecule is CCCSC1=C(C#N)C2(CCCC2)C(C#N)C(=O)N1. The lowest BCUT2D eigenvalue weighted by molar-refractivity contribution is -0.126. The van der Waals surface area contributed by atoms with Gasteiger partial charge in [0.25, 0.3) is 0 Å². The molecule has 1 aliphatic heterocycles. The second-order valence-corrected chi connectivity index (χ2v) is 6.18. The molecule has 1 amide bonds. The highest BCUT2D eigenvalue weighted by atomic mass is 32.2. The lowest BCUT2D eigenvalue weighted by Crippen LogP contribution is -2.46. The Bertz CT molecular complexity index is 492. The minimum atomic E-state index is -0.712. The summed E-state index contributed by atoms with van der Waals surface area (Å²) in [6, 6.07) is 4.39. The first kappa shape index (κ1) is 14.0. The summed E-state index contributed by atoms with van der Waals surface area (Å²) in [4.78, 5) is 12.1. The van der Waals surface area contributed by atoms with Crippen molar-refractivity contribution in [2.24, 2.45) is 11.3 Å². The van der Waals surface area contributed by atoms with Gasteiger partial charge >= 0.3 is 0 Å². The van der Waals surface area contributed by atoms with E-state index in [4.69, 9.17) is 0 Å². The van der Waals surface area contributed by atoms with Gasteiger partial charge in [-0.25, -0.2) is 0 Å². The number of nitrogens with zero attached hydrogens (tertiary/aromatic N) is 2. The monoisotopic (exact) mass is 275 g/mol.